The van der Waals surface area contributed by atoms with Gasteiger partial charge in [-0.05, 0) is 42.5 Å². The first-order valence-electron chi connectivity index (χ1n) is 7.74. The lowest BCUT2D eigenvalue weighted by Crippen LogP contribution is -2.46. The molecule has 5 nitrogen and oxygen atoms in total. The molecule has 1 saturated heterocycles. The van der Waals surface area contributed by atoms with Gasteiger partial charge in [0.1, 0.15) is 5.54 Å². The first kappa shape index (κ1) is 16.4. The number of hydrogen-bond acceptors (Lipinski definition) is 3. The van der Waals surface area contributed by atoms with Crippen LogP contribution in [0.15, 0.2) is 18.2 Å². The summed E-state index contributed by atoms with van der Waals surface area (Å²) < 4.78 is 0. The molecule has 23 heavy (non-hydrogen) atoms. The number of nitrogens with zero attached hydrogens (tertiary/aromatic N) is 1. The van der Waals surface area contributed by atoms with Crippen LogP contribution in [0.4, 0.5) is 10.5 Å². The summed E-state index contributed by atoms with van der Waals surface area (Å²) in [6.45, 7) is 1.36. The average molecular weight is 356 g/mol. The van der Waals surface area contributed by atoms with Crippen LogP contribution in [0.25, 0.3) is 0 Å². The van der Waals surface area contributed by atoms with E-state index in [4.69, 9.17) is 23.2 Å². The number of benzene rings is 1. The van der Waals surface area contributed by atoms with Crippen LogP contribution in [-0.4, -0.2) is 36.8 Å². The monoisotopic (exact) mass is 355 g/mol. The topological polar surface area (TPSA) is 61.4 Å². The quantitative estimate of drug-likeness (QED) is 0.629. The number of carbonyl (C=O) groups is 2. The van der Waals surface area contributed by atoms with Gasteiger partial charge < -0.3 is 10.2 Å². The van der Waals surface area contributed by atoms with Crippen molar-refractivity contribution >= 4 is 40.8 Å². The van der Waals surface area contributed by atoms with E-state index in [-0.39, 0.29) is 5.91 Å². The first-order chi connectivity index (χ1) is 11.1. The number of amides is 3. The molecule has 1 fully saturated rings. The van der Waals surface area contributed by atoms with E-state index in [1.54, 1.807) is 0 Å². The van der Waals surface area contributed by atoms with Gasteiger partial charge in [-0.25, -0.2) is 4.79 Å². The fourth-order valence-corrected chi connectivity index (χ4v) is 3.89. The predicted octanol–water partition coefficient (Wildman–Crippen LogP) is 2.34. The van der Waals surface area contributed by atoms with Crippen molar-refractivity contribution in [2.75, 3.05) is 29.7 Å². The van der Waals surface area contributed by atoms with E-state index in [1.165, 1.54) is 0 Å². The fourth-order valence-electron chi connectivity index (χ4n) is 3.49. The van der Waals surface area contributed by atoms with Crippen molar-refractivity contribution < 1.29 is 9.59 Å². The third-order valence-corrected chi connectivity index (χ3v) is 4.90. The number of aryl methyl sites for hydroxylation is 1. The summed E-state index contributed by atoms with van der Waals surface area (Å²) in [5.41, 5.74) is 2.03. The predicted molar refractivity (Wildman–Crippen MR) is 91.4 cm³/mol. The van der Waals surface area contributed by atoms with Crippen molar-refractivity contribution in [3.63, 3.8) is 0 Å². The minimum atomic E-state index is -0.936. The van der Waals surface area contributed by atoms with Crippen LogP contribution in [0.1, 0.15) is 24.0 Å². The van der Waals surface area contributed by atoms with Gasteiger partial charge in [0, 0.05) is 30.5 Å². The number of alkyl halides is 2. The number of halogens is 2. The van der Waals surface area contributed by atoms with Crippen molar-refractivity contribution in [2.45, 2.75) is 24.8 Å². The van der Waals surface area contributed by atoms with Gasteiger partial charge in [0.05, 0.1) is 0 Å². The Morgan fingerprint density at radius 2 is 1.91 bits per heavy atom. The number of imide groups is 1. The lowest BCUT2D eigenvalue weighted by molar-refractivity contribution is -0.124. The molecule has 124 valence electrons. The Labute approximate surface area is 145 Å². The van der Waals surface area contributed by atoms with E-state index >= 15 is 0 Å². The highest BCUT2D eigenvalue weighted by Crippen LogP contribution is 2.39. The lowest BCUT2D eigenvalue weighted by Gasteiger charge is -2.34. The summed E-state index contributed by atoms with van der Waals surface area (Å²) in [7, 11) is 0. The standard InChI is InChI=1S/C16H19Cl2N3O2/c17-6-8-21(9-7-18)12-4-3-11-2-1-5-16(13(11)10-12)14(22)19-15(23)20-16/h3-4,10H,1-2,5-9H2,(H2,19,20,22,23)/t16-/m1/s1. The van der Waals surface area contributed by atoms with E-state index in [0.29, 0.717) is 31.3 Å². The van der Waals surface area contributed by atoms with Crippen molar-refractivity contribution in [3.05, 3.63) is 29.3 Å². The molecule has 1 aliphatic carbocycles. The Bertz CT molecular complexity index is 632. The van der Waals surface area contributed by atoms with Gasteiger partial charge >= 0.3 is 6.03 Å². The van der Waals surface area contributed by atoms with Gasteiger partial charge in [-0.3, -0.25) is 10.1 Å². The summed E-state index contributed by atoms with van der Waals surface area (Å²) in [4.78, 5) is 26.2. The normalized spacial score (nSPS) is 22.7. The third kappa shape index (κ3) is 2.88. The first-order valence-corrected chi connectivity index (χ1v) is 8.81. The minimum Gasteiger partial charge on any atom is -0.369 e. The molecule has 0 saturated carbocycles. The Morgan fingerprint density at radius 3 is 2.52 bits per heavy atom. The van der Waals surface area contributed by atoms with Crippen LogP contribution in [0.2, 0.25) is 0 Å². The molecule has 1 spiro atoms. The largest absolute Gasteiger partial charge is 0.369 e. The molecule has 0 radical (unpaired) electrons. The van der Waals surface area contributed by atoms with E-state index in [0.717, 1.165) is 29.7 Å². The van der Waals surface area contributed by atoms with Crippen LogP contribution >= 0.6 is 23.2 Å². The zero-order valence-corrected chi connectivity index (χ0v) is 14.2. The lowest BCUT2D eigenvalue weighted by atomic mass is 9.76. The van der Waals surface area contributed by atoms with Gasteiger partial charge in [0.25, 0.3) is 5.91 Å². The fraction of sp³-hybridized carbons (Fsp3) is 0.500. The van der Waals surface area contributed by atoms with Gasteiger partial charge in [0.2, 0.25) is 0 Å². The van der Waals surface area contributed by atoms with Gasteiger partial charge in [-0.2, -0.15) is 0 Å². The Hall–Kier alpha value is -1.46. The number of rotatable bonds is 5. The molecule has 3 amide bonds. The molecule has 1 atom stereocenters. The van der Waals surface area contributed by atoms with Gasteiger partial charge in [-0.15, -0.1) is 23.2 Å². The maximum atomic E-state index is 12.4. The third-order valence-electron chi connectivity index (χ3n) is 4.57. The van der Waals surface area contributed by atoms with E-state index in [1.807, 2.05) is 18.2 Å². The molecule has 0 unspecified atom stereocenters. The van der Waals surface area contributed by atoms with Crippen LogP contribution in [-0.2, 0) is 16.8 Å². The summed E-state index contributed by atoms with van der Waals surface area (Å²) >= 11 is 11.8. The number of urea groups is 1. The van der Waals surface area contributed by atoms with Crippen LogP contribution in [0.3, 0.4) is 0 Å². The molecule has 2 N–H and O–H groups in total. The highest BCUT2D eigenvalue weighted by atomic mass is 35.5. The molecule has 3 rings (SSSR count). The zero-order valence-electron chi connectivity index (χ0n) is 12.7. The smallest absolute Gasteiger partial charge is 0.322 e. The van der Waals surface area contributed by atoms with Crippen molar-refractivity contribution in [2.24, 2.45) is 0 Å². The molecular weight excluding hydrogens is 337 g/mol. The molecule has 0 aromatic heterocycles. The zero-order chi connectivity index (χ0) is 16.4. The van der Waals surface area contributed by atoms with Crippen LogP contribution in [0.5, 0.6) is 0 Å². The van der Waals surface area contributed by atoms with Crippen LogP contribution in [0, 0.1) is 0 Å². The number of carbonyl (C=O) groups excluding carboxylic acids is 2. The Kier molecular flexibility index (Phi) is 4.69. The van der Waals surface area contributed by atoms with E-state index in [2.05, 4.69) is 15.5 Å². The molecule has 7 heteroatoms. The maximum absolute atomic E-state index is 12.4. The average Bonchev–Trinajstić information content (AvgIpc) is 2.82. The molecule has 1 heterocycles. The second kappa shape index (κ2) is 6.57. The van der Waals surface area contributed by atoms with Crippen molar-refractivity contribution in [1.29, 1.82) is 0 Å². The Morgan fingerprint density at radius 1 is 1.17 bits per heavy atom. The summed E-state index contributed by atoms with van der Waals surface area (Å²) in [6, 6.07) is 5.65. The summed E-state index contributed by atoms with van der Waals surface area (Å²) in [5, 5.41) is 5.21. The second-order valence-electron chi connectivity index (χ2n) is 5.87. The van der Waals surface area contributed by atoms with E-state index in [9.17, 15) is 9.59 Å². The second-order valence-corrected chi connectivity index (χ2v) is 6.63. The molecule has 2 aliphatic rings. The van der Waals surface area contributed by atoms with Gasteiger partial charge in [0.15, 0.2) is 0 Å². The SMILES string of the molecule is O=C1NC(=O)[C@]2(CCCc3ccc(N(CCCl)CCCl)cc32)N1. The summed E-state index contributed by atoms with van der Waals surface area (Å²) in [5.74, 6) is 0.731. The Balaban J connectivity index is 2.03. The highest BCUT2D eigenvalue weighted by molar-refractivity contribution is 6.18. The summed E-state index contributed by atoms with van der Waals surface area (Å²) in [6.07, 6.45) is 2.39. The van der Waals surface area contributed by atoms with Crippen molar-refractivity contribution in [1.82, 2.24) is 10.6 Å². The maximum Gasteiger partial charge on any atom is 0.322 e. The number of fused-ring (bicyclic) bond motifs is 2. The highest BCUT2D eigenvalue weighted by Gasteiger charge is 2.49. The number of anilines is 1. The molecule has 1 aliphatic heterocycles. The number of hydrogen-bond donors (Lipinski definition) is 2. The van der Waals surface area contributed by atoms with Crippen LogP contribution < -0.4 is 15.5 Å². The molecular formula is C16H19Cl2N3O2. The van der Waals surface area contributed by atoms with Crippen molar-refractivity contribution in [3.8, 4) is 0 Å². The molecule has 0 bridgehead atoms. The van der Waals surface area contributed by atoms with E-state index < -0.39 is 11.6 Å². The van der Waals surface area contributed by atoms with Gasteiger partial charge in [-0.1, -0.05) is 6.07 Å². The molecule has 1 aromatic rings. The number of nitrogens with one attached hydrogen (secondary N) is 2. The molecule has 1 aromatic carbocycles. The minimum absolute atomic E-state index is 0.262.